The lowest BCUT2D eigenvalue weighted by molar-refractivity contribution is -0.0124. The van der Waals surface area contributed by atoms with E-state index < -0.39 is 0 Å². The fraction of sp³-hybridized carbons (Fsp3) is 0.444. The highest BCUT2D eigenvalue weighted by molar-refractivity contribution is 5.95. The van der Waals surface area contributed by atoms with Gasteiger partial charge < -0.3 is 9.64 Å². The van der Waals surface area contributed by atoms with E-state index in [0.717, 1.165) is 11.4 Å². The molecule has 0 spiro atoms. The third-order valence-electron chi connectivity index (χ3n) is 4.18. The molecule has 1 fully saturated rings. The van der Waals surface area contributed by atoms with E-state index in [1.54, 1.807) is 23.0 Å². The maximum atomic E-state index is 13.2. The number of hydrogen-bond acceptors (Lipinski definition) is 3. The molecule has 1 saturated heterocycles. The van der Waals surface area contributed by atoms with Crippen molar-refractivity contribution in [3.8, 4) is 5.69 Å². The molecule has 6 heteroatoms. The van der Waals surface area contributed by atoms with E-state index in [2.05, 4.69) is 5.10 Å². The number of hydrogen-bond donors (Lipinski definition) is 0. The number of ether oxygens (including phenoxy) is 1. The fourth-order valence-electron chi connectivity index (χ4n) is 3.04. The van der Waals surface area contributed by atoms with Gasteiger partial charge in [-0.2, -0.15) is 5.10 Å². The van der Waals surface area contributed by atoms with Gasteiger partial charge in [0.1, 0.15) is 5.82 Å². The molecule has 1 aromatic carbocycles. The van der Waals surface area contributed by atoms with E-state index in [4.69, 9.17) is 4.74 Å². The second-order valence-corrected chi connectivity index (χ2v) is 6.42. The highest BCUT2D eigenvalue weighted by Crippen LogP contribution is 2.25. The molecule has 1 aromatic heterocycles. The number of benzene rings is 1. The molecule has 0 N–H and O–H groups in total. The van der Waals surface area contributed by atoms with Gasteiger partial charge in [0.05, 0.1) is 35.9 Å². The van der Waals surface area contributed by atoms with Gasteiger partial charge in [0.15, 0.2) is 0 Å². The van der Waals surface area contributed by atoms with Gasteiger partial charge in [-0.05, 0) is 37.1 Å². The summed E-state index contributed by atoms with van der Waals surface area (Å²) in [6.45, 7) is 7.73. The Bertz CT molecular complexity index is 724. The molecule has 24 heavy (non-hydrogen) atoms. The first-order valence-corrected chi connectivity index (χ1v) is 8.22. The molecule has 0 bridgehead atoms. The average molecular weight is 331 g/mol. The lowest BCUT2D eigenvalue weighted by Gasteiger charge is -2.31. The van der Waals surface area contributed by atoms with Crippen LogP contribution in [0.4, 0.5) is 4.39 Å². The van der Waals surface area contributed by atoms with Crippen molar-refractivity contribution in [1.29, 1.82) is 0 Å². The maximum Gasteiger partial charge on any atom is 0.257 e. The Hall–Kier alpha value is -2.21. The zero-order valence-corrected chi connectivity index (χ0v) is 14.2. The van der Waals surface area contributed by atoms with E-state index in [1.807, 2.05) is 25.7 Å². The van der Waals surface area contributed by atoms with Crippen molar-refractivity contribution < 1.29 is 13.9 Å². The molecule has 1 amide bonds. The SMILES string of the molecule is CC1CN(C(=O)c2cnn(-c3ccc(F)cc3)c2C(C)C)CCO1. The quantitative estimate of drug-likeness (QED) is 0.869. The predicted octanol–water partition coefficient (Wildman–Crippen LogP) is 3.00. The van der Waals surface area contributed by atoms with Crippen LogP contribution < -0.4 is 0 Å². The van der Waals surface area contributed by atoms with Crippen LogP contribution in [0.1, 0.15) is 42.7 Å². The van der Waals surface area contributed by atoms with Gasteiger partial charge in [-0.25, -0.2) is 9.07 Å². The van der Waals surface area contributed by atoms with E-state index >= 15 is 0 Å². The van der Waals surface area contributed by atoms with Crippen LogP contribution in [0.2, 0.25) is 0 Å². The zero-order valence-electron chi connectivity index (χ0n) is 14.2. The summed E-state index contributed by atoms with van der Waals surface area (Å²) in [5.74, 6) is -0.215. The highest BCUT2D eigenvalue weighted by atomic mass is 19.1. The minimum atomic E-state index is -0.296. The summed E-state index contributed by atoms with van der Waals surface area (Å²) in [5.41, 5.74) is 2.18. The summed E-state index contributed by atoms with van der Waals surface area (Å²) in [4.78, 5) is 14.7. The third-order valence-corrected chi connectivity index (χ3v) is 4.18. The molecule has 3 rings (SSSR count). The van der Waals surface area contributed by atoms with Crippen molar-refractivity contribution in [2.75, 3.05) is 19.7 Å². The number of aromatic nitrogens is 2. The first-order chi connectivity index (χ1) is 11.5. The molecule has 5 nitrogen and oxygen atoms in total. The number of carbonyl (C=O) groups excluding carboxylic acids is 1. The summed E-state index contributed by atoms with van der Waals surface area (Å²) in [5, 5.41) is 4.39. The largest absolute Gasteiger partial charge is 0.375 e. The van der Waals surface area contributed by atoms with Gasteiger partial charge >= 0.3 is 0 Å². The summed E-state index contributed by atoms with van der Waals surface area (Å²) in [6.07, 6.45) is 1.65. The summed E-state index contributed by atoms with van der Waals surface area (Å²) < 4.78 is 20.4. The number of halogens is 1. The monoisotopic (exact) mass is 331 g/mol. The summed E-state index contributed by atoms with van der Waals surface area (Å²) in [6, 6.07) is 6.12. The van der Waals surface area contributed by atoms with E-state index in [1.165, 1.54) is 12.1 Å². The van der Waals surface area contributed by atoms with Crippen LogP contribution in [0.15, 0.2) is 30.5 Å². The summed E-state index contributed by atoms with van der Waals surface area (Å²) >= 11 is 0. The Morgan fingerprint density at radius 2 is 2.04 bits per heavy atom. The van der Waals surface area contributed by atoms with Crippen LogP contribution >= 0.6 is 0 Å². The van der Waals surface area contributed by atoms with Gasteiger partial charge in [0.25, 0.3) is 5.91 Å². The standard InChI is InChI=1S/C18H22FN3O2/c1-12(2)17-16(18(23)21-8-9-24-13(3)11-21)10-20-22(17)15-6-4-14(19)5-7-15/h4-7,10,12-13H,8-9,11H2,1-3H3. The molecule has 0 saturated carbocycles. The van der Waals surface area contributed by atoms with Crippen molar-refractivity contribution in [3.63, 3.8) is 0 Å². The van der Waals surface area contributed by atoms with Crippen molar-refractivity contribution in [1.82, 2.24) is 14.7 Å². The van der Waals surface area contributed by atoms with E-state index in [0.29, 0.717) is 25.3 Å². The third kappa shape index (κ3) is 3.19. The van der Waals surface area contributed by atoms with Crippen LogP contribution in [0, 0.1) is 5.82 Å². The van der Waals surface area contributed by atoms with Gasteiger partial charge in [-0.3, -0.25) is 4.79 Å². The van der Waals surface area contributed by atoms with Crippen molar-refractivity contribution in [2.45, 2.75) is 32.8 Å². The van der Waals surface area contributed by atoms with Crippen LogP contribution in [0.3, 0.4) is 0 Å². The van der Waals surface area contributed by atoms with Crippen molar-refractivity contribution in [3.05, 3.63) is 47.5 Å². The zero-order chi connectivity index (χ0) is 17.3. The van der Waals surface area contributed by atoms with E-state index in [-0.39, 0.29) is 23.7 Å². The van der Waals surface area contributed by atoms with Gasteiger partial charge in [0, 0.05) is 13.1 Å². The topological polar surface area (TPSA) is 47.4 Å². The first kappa shape index (κ1) is 16.6. The molecule has 1 atom stereocenters. The highest BCUT2D eigenvalue weighted by Gasteiger charge is 2.27. The van der Waals surface area contributed by atoms with Crippen molar-refractivity contribution in [2.24, 2.45) is 0 Å². The average Bonchev–Trinajstić information content (AvgIpc) is 3.00. The molecular weight excluding hydrogens is 309 g/mol. The molecule has 0 radical (unpaired) electrons. The van der Waals surface area contributed by atoms with Gasteiger partial charge in [0.2, 0.25) is 0 Å². The number of rotatable bonds is 3. The Labute approximate surface area is 141 Å². The molecule has 1 aliphatic heterocycles. The Kier molecular flexibility index (Phi) is 4.66. The van der Waals surface area contributed by atoms with Gasteiger partial charge in [-0.15, -0.1) is 0 Å². The molecule has 1 unspecified atom stereocenters. The Morgan fingerprint density at radius 3 is 2.67 bits per heavy atom. The fourth-order valence-corrected chi connectivity index (χ4v) is 3.04. The Morgan fingerprint density at radius 1 is 1.33 bits per heavy atom. The van der Waals surface area contributed by atoms with Crippen LogP contribution in [0.5, 0.6) is 0 Å². The molecule has 2 heterocycles. The summed E-state index contributed by atoms with van der Waals surface area (Å²) in [7, 11) is 0. The smallest absolute Gasteiger partial charge is 0.257 e. The molecule has 1 aliphatic rings. The number of nitrogens with zero attached hydrogens (tertiary/aromatic N) is 3. The van der Waals surface area contributed by atoms with Crippen LogP contribution in [-0.4, -0.2) is 46.4 Å². The normalized spacial score (nSPS) is 18.2. The van der Waals surface area contributed by atoms with Crippen LogP contribution in [-0.2, 0) is 4.74 Å². The number of carbonyl (C=O) groups is 1. The van der Waals surface area contributed by atoms with E-state index in [9.17, 15) is 9.18 Å². The maximum absolute atomic E-state index is 13.2. The lowest BCUT2D eigenvalue weighted by Crippen LogP contribution is -2.44. The van der Waals surface area contributed by atoms with Crippen LogP contribution in [0.25, 0.3) is 5.69 Å². The molecule has 128 valence electrons. The molecule has 0 aliphatic carbocycles. The lowest BCUT2D eigenvalue weighted by atomic mass is 10.0. The molecular formula is C18H22FN3O2. The predicted molar refractivity (Wildman–Crippen MR) is 88.9 cm³/mol. The molecule has 2 aromatic rings. The minimum absolute atomic E-state index is 0.0257. The van der Waals surface area contributed by atoms with Gasteiger partial charge in [-0.1, -0.05) is 13.8 Å². The number of morpholine rings is 1. The minimum Gasteiger partial charge on any atom is -0.375 e. The first-order valence-electron chi connectivity index (χ1n) is 8.22. The number of amides is 1. The second-order valence-electron chi connectivity index (χ2n) is 6.42. The Balaban J connectivity index is 1.97. The van der Waals surface area contributed by atoms with Crippen molar-refractivity contribution >= 4 is 5.91 Å². The second kappa shape index (κ2) is 6.73.